The number of amides is 1. The van der Waals surface area contributed by atoms with E-state index in [0.29, 0.717) is 28.0 Å². The van der Waals surface area contributed by atoms with Crippen LogP contribution in [0.3, 0.4) is 0 Å². The van der Waals surface area contributed by atoms with E-state index >= 15 is 0 Å². The van der Waals surface area contributed by atoms with Crippen molar-refractivity contribution in [1.29, 1.82) is 0 Å². The minimum atomic E-state index is -0.590. The zero-order valence-electron chi connectivity index (χ0n) is 13.2. The highest BCUT2D eigenvalue weighted by molar-refractivity contribution is 6.37. The standard InChI is InChI=1S/C17H14Cl2N2O4/c1-2-25-11-6-8-15(16(10-11)21(23)24)20-17(22)9-7-12-13(18)4-3-5-14(12)19/h3-10H,2H2,1H3,(H,20,22). The second-order valence-corrected chi connectivity index (χ2v) is 5.64. The molecule has 0 unspecified atom stereocenters. The van der Waals surface area contributed by atoms with Crippen LogP contribution in [0.15, 0.2) is 42.5 Å². The number of nitro groups is 1. The fourth-order valence-corrected chi connectivity index (χ4v) is 2.55. The maximum absolute atomic E-state index is 12.1. The van der Waals surface area contributed by atoms with E-state index in [4.69, 9.17) is 27.9 Å². The van der Waals surface area contributed by atoms with Crippen molar-refractivity contribution in [2.45, 2.75) is 6.92 Å². The van der Waals surface area contributed by atoms with Crippen LogP contribution in [0, 0.1) is 10.1 Å². The third-order valence-corrected chi connectivity index (χ3v) is 3.80. The van der Waals surface area contributed by atoms with Crippen LogP contribution in [0.2, 0.25) is 10.0 Å². The van der Waals surface area contributed by atoms with Crippen LogP contribution in [-0.4, -0.2) is 17.4 Å². The molecule has 0 aliphatic carbocycles. The number of hydrogen-bond acceptors (Lipinski definition) is 4. The molecule has 0 atom stereocenters. The maximum Gasteiger partial charge on any atom is 0.296 e. The summed E-state index contributed by atoms with van der Waals surface area (Å²) in [5, 5.41) is 14.4. The lowest BCUT2D eigenvalue weighted by Crippen LogP contribution is -2.10. The van der Waals surface area contributed by atoms with Gasteiger partial charge in [-0.15, -0.1) is 0 Å². The van der Waals surface area contributed by atoms with Crippen LogP contribution in [-0.2, 0) is 4.79 Å². The summed E-state index contributed by atoms with van der Waals surface area (Å²) in [4.78, 5) is 22.6. The average Bonchev–Trinajstić information content (AvgIpc) is 2.56. The van der Waals surface area contributed by atoms with Gasteiger partial charge in [0, 0.05) is 21.7 Å². The van der Waals surface area contributed by atoms with E-state index < -0.39 is 10.8 Å². The van der Waals surface area contributed by atoms with Crippen LogP contribution in [0.5, 0.6) is 5.75 Å². The van der Waals surface area contributed by atoms with E-state index in [9.17, 15) is 14.9 Å². The molecule has 1 N–H and O–H groups in total. The monoisotopic (exact) mass is 380 g/mol. The van der Waals surface area contributed by atoms with E-state index in [1.54, 1.807) is 31.2 Å². The van der Waals surface area contributed by atoms with E-state index in [1.807, 2.05) is 0 Å². The second-order valence-electron chi connectivity index (χ2n) is 4.83. The predicted octanol–water partition coefficient (Wildman–Crippen LogP) is 4.95. The van der Waals surface area contributed by atoms with Gasteiger partial charge >= 0.3 is 0 Å². The highest BCUT2D eigenvalue weighted by Gasteiger charge is 2.16. The van der Waals surface area contributed by atoms with Gasteiger partial charge < -0.3 is 10.1 Å². The highest BCUT2D eigenvalue weighted by Crippen LogP contribution is 2.29. The van der Waals surface area contributed by atoms with Gasteiger partial charge in [-0.2, -0.15) is 0 Å². The summed E-state index contributed by atoms with van der Waals surface area (Å²) < 4.78 is 5.23. The molecule has 0 spiro atoms. The molecule has 2 aromatic rings. The lowest BCUT2D eigenvalue weighted by molar-refractivity contribution is -0.384. The van der Waals surface area contributed by atoms with Crippen molar-refractivity contribution in [2.75, 3.05) is 11.9 Å². The summed E-state index contributed by atoms with van der Waals surface area (Å²) >= 11 is 12.0. The van der Waals surface area contributed by atoms with Crippen LogP contribution >= 0.6 is 23.2 Å². The fourth-order valence-electron chi connectivity index (χ4n) is 2.03. The molecule has 2 aromatic carbocycles. The molecule has 0 saturated heterocycles. The van der Waals surface area contributed by atoms with Gasteiger partial charge in [-0.1, -0.05) is 29.3 Å². The fraction of sp³-hybridized carbons (Fsp3) is 0.118. The quantitative estimate of drug-likeness (QED) is 0.436. The first-order valence-corrected chi connectivity index (χ1v) is 8.02. The minimum absolute atomic E-state index is 0.0633. The molecule has 25 heavy (non-hydrogen) atoms. The Balaban J connectivity index is 2.20. The molecule has 6 nitrogen and oxygen atoms in total. The molecule has 0 saturated carbocycles. The lowest BCUT2D eigenvalue weighted by atomic mass is 10.2. The topological polar surface area (TPSA) is 81.5 Å². The number of nitro benzene ring substituents is 1. The Bertz CT molecular complexity index is 817. The number of ether oxygens (including phenoxy) is 1. The molecule has 1 amide bonds. The number of rotatable bonds is 6. The molecule has 0 radical (unpaired) electrons. The second kappa shape index (κ2) is 8.50. The molecule has 0 heterocycles. The van der Waals surface area contributed by atoms with Crippen LogP contribution in [0.25, 0.3) is 6.08 Å². The minimum Gasteiger partial charge on any atom is -0.494 e. The first kappa shape index (κ1) is 18.8. The summed E-state index contributed by atoms with van der Waals surface area (Å²) in [6.45, 7) is 2.15. The van der Waals surface area contributed by atoms with Gasteiger partial charge in [-0.25, -0.2) is 0 Å². The number of carbonyl (C=O) groups is 1. The van der Waals surface area contributed by atoms with Crippen LogP contribution in [0.1, 0.15) is 12.5 Å². The summed E-state index contributed by atoms with van der Waals surface area (Å²) in [5.74, 6) is -0.200. The van der Waals surface area contributed by atoms with Crippen LogP contribution < -0.4 is 10.1 Å². The van der Waals surface area contributed by atoms with Gasteiger partial charge in [0.25, 0.3) is 5.69 Å². The number of nitrogens with one attached hydrogen (secondary N) is 1. The molecule has 130 valence electrons. The van der Waals surface area contributed by atoms with E-state index in [0.717, 1.165) is 0 Å². The average molecular weight is 381 g/mol. The Labute approximate surface area is 154 Å². The largest absolute Gasteiger partial charge is 0.494 e. The van der Waals surface area contributed by atoms with E-state index in [2.05, 4.69) is 5.32 Å². The molecule has 0 aliphatic rings. The summed E-state index contributed by atoms with van der Waals surface area (Å²) in [7, 11) is 0. The maximum atomic E-state index is 12.1. The van der Waals surface area contributed by atoms with Crippen molar-refractivity contribution >= 4 is 46.6 Å². The molecule has 0 bridgehead atoms. The van der Waals surface area contributed by atoms with Crippen LogP contribution in [0.4, 0.5) is 11.4 Å². The first-order chi connectivity index (χ1) is 11.9. The van der Waals surface area contributed by atoms with Crippen molar-refractivity contribution in [3.05, 3.63) is 68.2 Å². The van der Waals surface area contributed by atoms with Crippen molar-refractivity contribution in [3.8, 4) is 5.75 Å². The number of benzene rings is 2. The zero-order chi connectivity index (χ0) is 18.4. The zero-order valence-corrected chi connectivity index (χ0v) is 14.7. The molecule has 0 aliphatic heterocycles. The van der Waals surface area contributed by atoms with Gasteiger partial charge in [-0.3, -0.25) is 14.9 Å². The molecule has 2 rings (SSSR count). The number of hydrogen-bond donors (Lipinski definition) is 1. The third kappa shape index (κ3) is 4.95. The number of carbonyl (C=O) groups excluding carboxylic acids is 1. The van der Waals surface area contributed by atoms with Crippen molar-refractivity contribution in [2.24, 2.45) is 0 Å². The van der Waals surface area contributed by atoms with Crippen molar-refractivity contribution < 1.29 is 14.5 Å². The van der Waals surface area contributed by atoms with E-state index in [-0.39, 0.29) is 11.4 Å². The summed E-state index contributed by atoms with van der Waals surface area (Å²) in [6, 6.07) is 9.18. The molecule has 0 fully saturated rings. The number of anilines is 1. The van der Waals surface area contributed by atoms with Gasteiger partial charge in [-0.05, 0) is 37.3 Å². The normalized spacial score (nSPS) is 10.7. The van der Waals surface area contributed by atoms with Crippen molar-refractivity contribution in [3.63, 3.8) is 0 Å². The molecular formula is C17H14Cl2N2O4. The van der Waals surface area contributed by atoms with E-state index in [1.165, 1.54) is 24.3 Å². The molecule has 0 aromatic heterocycles. The van der Waals surface area contributed by atoms with Gasteiger partial charge in [0.2, 0.25) is 5.91 Å². The SMILES string of the molecule is CCOc1ccc(NC(=O)C=Cc2c(Cl)cccc2Cl)c([N+](=O)[O-])c1. The first-order valence-electron chi connectivity index (χ1n) is 7.26. The Morgan fingerprint density at radius 2 is 1.96 bits per heavy atom. The third-order valence-electron chi connectivity index (χ3n) is 3.14. The summed E-state index contributed by atoms with van der Waals surface area (Å²) in [6.07, 6.45) is 2.65. The Hall–Kier alpha value is -2.57. The van der Waals surface area contributed by atoms with Gasteiger partial charge in [0.05, 0.1) is 17.6 Å². The summed E-state index contributed by atoms with van der Waals surface area (Å²) in [5.41, 5.74) is 0.291. The molecular weight excluding hydrogens is 367 g/mol. The predicted molar refractivity (Wildman–Crippen MR) is 98.4 cm³/mol. The lowest BCUT2D eigenvalue weighted by Gasteiger charge is -2.07. The number of nitrogens with zero attached hydrogens (tertiary/aromatic N) is 1. The smallest absolute Gasteiger partial charge is 0.296 e. The van der Waals surface area contributed by atoms with Gasteiger partial charge in [0.15, 0.2) is 0 Å². The van der Waals surface area contributed by atoms with Crippen molar-refractivity contribution in [1.82, 2.24) is 0 Å². The Morgan fingerprint density at radius 1 is 1.28 bits per heavy atom. The Morgan fingerprint density at radius 3 is 2.56 bits per heavy atom. The molecule has 8 heteroatoms. The number of halogens is 2. The highest BCUT2D eigenvalue weighted by atomic mass is 35.5. The van der Waals surface area contributed by atoms with Gasteiger partial charge in [0.1, 0.15) is 11.4 Å². The Kier molecular flexibility index (Phi) is 6.38.